The van der Waals surface area contributed by atoms with Crippen molar-refractivity contribution in [2.45, 2.75) is 38.1 Å². The molecule has 29 heavy (non-hydrogen) atoms. The number of rotatable bonds is 3. The molecule has 1 saturated carbocycles. The van der Waals surface area contributed by atoms with E-state index in [9.17, 15) is 9.90 Å². The van der Waals surface area contributed by atoms with E-state index in [-0.39, 0.29) is 38.3 Å². The molecular formula is C22H19N4O2Y-. The number of hydrogen-bond acceptors (Lipinski definition) is 4. The van der Waals surface area contributed by atoms with Gasteiger partial charge in [0.05, 0.1) is 22.2 Å². The number of carboxylic acid groups (broad SMARTS) is 1. The molecule has 7 heteroatoms. The smallest absolute Gasteiger partial charge is 0.335 e. The van der Waals surface area contributed by atoms with E-state index < -0.39 is 5.97 Å². The van der Waals surface area contributed by atoms with Crippen LogP contribution in [-0.2, 0) is 32.7 Å². The van der Waals surface area contributed by atoms with Crippen LogP contribution in [0.5, 0.6) is 0 Å². The summed E-state index contributed by atoms with van der Waals surface area (Å²) in [7, 11) is 0. The van der Waals surface area contributed by atoms with Gasteiger partial charge >= 0.3 is 5.97 Å². The number of nitrogens with zero attached hydrogens (tertiary/aromatic N) is 4. The second-order valence-electron chi connectivity index (χ2n) is 7.31. The van der Waals surface area contributed by atoms with Crippen molar-refractivity contribution >= 4 is 28.0 Å². The first-order valence-corrected chi connectivity index (χ1v) is 9.58. The number of benzene rings is 1. The first kappa shape index (κ1) is 20.1. The number of imidazole rings is 1. The molecule has 1 aliphatic carbocycles. The Kier molecular flexibility index (Phi) is 5.75. The zero-order valence-electron chi connectivity index (χ0n) is 15.9. The zero-order chi connectivity index (χ0) is 19.1. The Bertz CT molecular complexity index is 1200. The fraction of sp³-hybridized carbons (Fsp3) is 0.273. The van der Waals surface area contributed by atoms with Crippen LogP contribution >= 0.6 is 0 Å². The van der Waals surface area contributed by atoms with E-state index in [1.54, 1.807) is 24.5 Å². The van der Waals surface area contributed by atoms with Gasteiger partial charge in [0.15, 0.2) is 0 Å². The second kappa shape index (κ2) is 8.29. The predicted octanol–water partition coefficient (Wildman–Crippen LogP) is 4.65. The Morgan fingerprint density at radius 1 is 1.14 bits per heavy atom. The predicted molar refractivity (Wildman–Crippen MR) is 106 cm³/mol. The number of fused-ring (bicyclic) bond motifs is 2. The molecule has 3 heterocycles. The first-order chi connectivity index (χ1) is 13.7. The van der Waals surface area contributed by atoms with Crippen LogP contribution in [0.15, 0.2) is 42.7 Å². The van der Waals surface area contributed by atoms with Gasteiger partial charge in [-0.1, -0.05) is 25.5 Å². The fourth-order valence-corrected chi connectivity index (χ4v) is 4.18. The first-order valence-electron chi connectivity index (χ1n) is 9.58. The van der Waals surface area contributed by atoms with Gasteiger partial charge in [0, 0.05) is 50.5 Å². The van der Waals surface area contributed by atoms with Gasteiger partial charge in [-0.25, -0.2) is 21.9 Å². The van der Waals surface area contributed by atoms with Crippen LogP contribution < -0.4 is 0 Å². The van der Waals surface area contributed by atoms with E-state index in [1.807, 2.05) is 18.2 Å². The number of aromatic carboxylic acids is 1. The van der Waals surface area contributed by atoms with Crippen molar-refractivity contribution in [3.05, 3.63) is 54.4 Å². The minimum atomic E-state index is -0.940. The van der Waals surface area contributed by atoms with Crippen molar-refractivity contribution in [1.82, 2.24) is 19.5 Å². The van der Waals surface area contributed by atoms with Gasteiger partial charge < -0.3 is 9.67 Å². The van der Waals surface area contributed by atoms with Crippen molar-refractivity contribution in [1.29, 1.82) is 0 Å². The fourth-order valence-electron chi connectivity index (χ4n) is 4.18. The van der Waals surface area contributed by atoms with E-state index in [2.05, 4.69) is 20.6 Å². The number of pyridine rings is 2. The Morgan fingerprint density at radius 2 is 1.97 bits per heavy atom. The van der Waals surface area contributed by atoms with Crippen molar-refractivity contribution in [3.8, 4) is 11.4 Å². The molecule has 1 fully saturated rings. The summed E-state index contributed by atoms with van der Waals surface area (Å²) in [6.45, 7) is 0. The molecule has 0 saturated heterocycles. The van der Waals surface area contributed by atoms with Crippen LogP contribution in [0.25, 0.3) is 33.5 Å². The SMILES string of the molecule is O=C(O)c1ccc2c(c1)nc(-c1cnc3nc[c-]cc3c1)n2C1CCCCC1.[Y]. The molecular weight excluding hydrogens is 441 g/mol. The molecule has 5 rings (SSSR count). The molecule has 6 nitrogen and oxygen atoms in total. The van der Waals surface area contributed by atoms with Crippen LogP contribution in [-0.4, -0.2) is 30.6 Å². The monoisotopic (exact) mass is 460 g/mol. The largest absolute Gasteiger partial charge is 0.478 e. The maximum atomic E-state index is 11.4. The molecule has 1 aromatic carbocycles. The van der Waals surface area contributed by atoms with Gasteiger partial charge in [-0.15, -0.1) is 11.5 Å². The summed E-state index contributed by atoms with van der Waals surface area (Å²) in [5, 5.41) is 10.3. The summed E-state index contributed by atoms with van der Waals surface area (Å²) in [5.41, 5.74) is 3.52. The third-order valence-corrected chi connectivity index (χ3v) is 5.53. The van der Waals surface area contributed by atoms with E-state index >= 15 is 0 Å². The second-order valence-corrected chi connectivity index (χ2v) is 7.31. The number of hydrogen-bond donors (Lipinski definition) is 1. The third kappa shape index (κ3) is 3.71. The number of carboxylic acids is 1. The minimum absolute atomic E-state index is 0. The van der Waals surface area contributed by atoms with Gasteiger partial charge in [-0.05, 0) is 31.0 Å². The summed E-state index contributed by atoms with van der Waals surface area (Å²) < 4.78 is 2.28. The molecule has 1 aliphatic rings. The van der Waals surface area contributed by atoms with Crippen molar-refractivity contribution < 1.29 is 42.6 Å². The number of aromatic nitrogens is 4. The molecule has 1 radical (unpaired) electrons. The minimum Gasteiger partial charge on any atom is -0.478 e. The summed E-state index contributed by atoms with van der Waals surface area (Å²) >= 11 is 0. The van der Waals surface area contributed by atoms with E-state index in [0.717, 1.165) is 35.1 Å². The third-order valence-electron chi connectivity index (χ3n) is 5.53. The van der Waals surface area contributed by atoms with Crippen LogP contribution in [0.2, 0.25) is 0 Å². The van der Waals surface area contributed by atoms with Gasteiger partial charge in [-0.3, -0.25) is 9.97 Å². The van der Waals surface area contributed by atoms with Crippen LogP contribution in [0.1, 0.15) is 48.5 Å². The van der Waals surface area contributed by atoms with Crippen molar-refractivity contribution in [2.75, 3.05) is 0 Å². The standard InChI is InChI=1S/C22H19N4O2.Y/c27-22(28)15-8-9-19-18(12-15)25-21(26(19)17-6-2-1-3-7-17)16-11-14-5-4-10-23-20(14)24-13-16;/h5,8-13,17H,1-3,6-7H2,(H,27,28);/q-1;. The zero-order valence-corrected chi connectivity index (χ0v) is 18.7. The summed E-state index contributed by atoms with van der Waals surface area (Å²) in [6.07, 6.45) is 9.29. The van der Waals surface area contributed by atoms with E-state index in [1.165, 1.54) is 19.3 Å². The Hall–Kier alpha value is -2.18. The Balaban J connectivity index is 0.00000205. The summed E-state index contributed by atoms with van der Waals surface area (Å²) in [5.74, 6) is -0.104. The van der Waals surface area contributed by atoms with Crippen LogP contribution in [0.3, 0.4) is 0 Å². The average Bonchev–Trinajstić information content (AvgIpc) is 3.12. The molecule has 4 aromatic rings. The molecule has 0 amide bonds. The normalized spacial score (nSPS) is 14.8. The van der Waals surface area contributed by atoms with Gasteiger partial charge in [0.2, 0.25) is 0 Å². The molecule has 0 aliphatic heterocycles. The Labute approximate surface area is 193 Å². The summed E-state index contributed by atoms with van der Waals surface area (Å²) in [6, 6.07) is 12.5. The maximum absolute atomic E-state index is 11.4. The quantitative estimate of drug-likeness (QED) is 0.451. The molecule has 0 unspecified atom stereocenters. The van der Waals surface area contributed by atoms with E-state index in [4.69, 9.17) is 4.98 Å². The maximum Gasteiger partial charge on any atom is 0.335 e. The Morgan fingerprint density at radius 3 is 2.76 bits per heavy atom. The molecule has 0 bridgehead atoms. The molecule has 1 N–H and O–H groups in total. The van der Waals surface area contributed by atoms with Gasteiger partial charge in [-0.2, -0.15) is 0 Å². The number of carbonyl (C=O) groups is 1. The van der Waals surface area contributed by atoms with Gasteiger partial charge in [0.25, 0.3) is 0 Å². The van der Waals surface area contributed by atoms with Crippen LogP contribution in [0, 0.1) is 6.07 Å². The molecule has 0 spiro atoms. The van der Waals surface area contributed by atoms with Crippen LogP contribution in [0.4, 0.5) is 0 Å². The van der Waals surface area contributed by atoms with Gasteiger partial charge in [0.1, 0.15) is 5.82 Å². The molecule has 143 valence electrons. The van der Waals surface area contributed by atoms with Crippen molar-refractivity contribution in [3.63, 3.8) is 0 Å². The average molecular weight is 460 g/mol. The molecule has 0 atom stereocenters. The molecule has 3 aromatic heterocycles. The van der Waals surface area contributed by atoms with Crippen molar-refractivity contribution in [2.24, 2.45) is 0 Å². The summed E-state index contributed by atoms with van der Waals surface area (Å²) in [4.78, 5) is 25.0. The van der Waals surface area contributed by atoms with E-state index in [0.29, 0.717) is 17.2 Å². The topological polar surface area (TPSA) is 80.9 Å².